The van der Waals surface area contributed by atoms with E-state index < -0.39 is 0 Å². The van der Waals surface area contributed by atoms with Crippen LogP contribution in [0.5, 0.6) is 11.5 Å². The summed E-state index contributed by atoms with van der Waals surface area (Å²) in [6.07, 6.45) is -0.236. The lowest BCUT2D eigenvalue weighted by Gasteiger charge is -2.23. The Morgan fingerprint density at radius 3 is 2.54 bits per heavy atom. The third-order valence-electron chi connectivity index (χ3n) is 4.58. The fourth-order valence-corrected chi connectivity index (χ4v) is 3.28. The Morgan fingerprint density at radius 2 is 1.85 bits per heavy atom. The van der Waals surface area contributed by atoms with Crippen LogP contribution in [0.1, 0.15) is 35.7 Å². The normalized spacial score (nSPS) is 22.0. The largest absolute Gasteiger partial charge is 0.497 e. The number of rotatable bonds is 6. The average molecular weight is 355 g/mol. The monoisotopic (exact) mass is 355 g/mol. The van der Waals surface area contributed by atoms with Crippen molar-refractivity contribution in [1.29, 1.82) is 0 Å². The maximum Gasteiger partial charge on any atom is 0.256 e. The van der Waals surface area contributed by atoms with Crippen LogP contribution in [-0.4, -0.2) is 31.8 Å². The van der Waals surface area contributed by atoms with E-state index in [-0.39, 0.29) is 24.0 Å². The number of hydrogen-bond acceptors (Lipinski definition) is 5. The molecule has 3 atom stereocenters. The number of para-hydroxylation sites is 1. The number of hydrazine groups is 1. The molecule has 3 N–H and O–H groups in total. The van der Waals surface area contributed by atoms with E-state index in [0.29, 0.717) is 17.9 Å². The average Bonchev–Trinajstić information content (AvgIpc) is 3.02. The van der Waals surface area contributed by atoms with Crippen LogP contribution in [0.3, 0.4) is 0 Å². The van der Waals surface area contributed by atoms with Gasteiger partial charge in [-0.1, -0.05) is 24.3 Å². The summed E-state index contributed by atoms with van der Waals surface area (Å²) in [4.78, 5) is 12.8. The summed E-state index contributed by atoms with van der Waals surface area (Å²) in [6.45, 7) is 4.50. The lowest BCUT2D eigenvalue weighted by atomic mass is 9.91. The van der Waals surface area contributed by atoms with Crippen molar-refractivity contribution >= 4 is 5.91 Å². The van der Waals surface area contributed by atoms with Crippen molar-refractivity contribution in [3.8, 4) is 11.5 Å². The van der Waals surface area contributed by atoms with Gasteiger partial charge in [0.15, 0.2) is 0 Å². The standard InChI is InChI=1S/C20H25N3O3/c1-4-26-17-8-6-5-7-16(17)20(24)21-19-18(13(2)22-23-19)14-9-11-15(25-3)12-10-14/h5-13,18-19,22-23H,4H2,1-3H3,(H,21,24). The number of carbonyl (C=O) groups excluding carboxylic acids is 1. The van der Waals surface area contributed by atoms with Crippen LogP contribution in [-0.2, 0) is 0 Å². The number of carbonyl (C=O) groups is 1. The third kappa shape index (κ3) is 3.81. The van der Waals surface area contributed by atoms with Crippen molar-refractivity contribution in [3.63, 3.8) is 0 Å². The molecule has 1 aliphatic rings. The number of nitrogens with one attached hydrogen (secondary N) is 3. The summed E-state index contributed by atoms with van der Waals surface area (Å²) in [5.74, 6) is 1.32. The van der Waals surface area contributed by atoms with E-state index in [4.69, 9.17) is 9.47 Å². The predicted molar refractivity (Wildman–Crippen MR) is 100 cm³/mol. The number of benzene rings is 2. The number of ether oxygens (including phenoxy) is 2. The van der Waals surface area contributed by atoms with Gasteiger partial charge in [-0.15, -0.1) is 0 Å². The number of methoxy groups -OCH3 is 1. The fraction of sp³-hybridized carbons (Fsp3) is 0.350. The number of amides is 1. The Kier molecular flexibility index (Phi) is 5.75. The summed E-state index contributed by atoms with van der Waals surface area (Å²) in [7, 11) is 1.65. The molecule has 1 saturated heterocycles. The molecular formula is C20H25N3O3. The van der Waals surface area contributed by atoms with E-state index in [9.17, 15) is 4.79 Å². The maximum atomic E-state index is 12.8. The van der Waals surface area contributed by atoms with E-state index >= 15 is 0 Å². The Hall–Kier alpha value is -2.57. The van der Waals surface area contributed by atoms with Gasteiger partial charge in [0, 0.05) is 12.0 Å². The van der Waals surface area contributed by atoms with Crippen molar-refractivity contribution in [2.24, 2.45) is 0 Å². The highest BCUT2D eigenvalue weighted by molar-refractivity contribution is 5.97. The van der Waals surface area contributed by atoms with Gasteiger partial charge in [0.1, 0.15) is 17.7 Å². The molecule has 0 radical (unpaired) electrons. The lowest BCUT2D eigenvalue weighted by Crippen LogP contribution is -2.46. The maximum absolute atomic E-state index is 12.8. The van der Waals surface area contributed by atoms with Gasteiger partial charge in [-0.2, -0.15) is 0 Å². The Bertz CT molecular complexity index is 748. The van der Waals surface area contributed by atoms with Gasteiger partial charge >= 0.3 is 0 Å². The lowest BCUT2D eigenvalue weighted by molar-refractivity contribution is 0.0924. The minimum absolute atomic E-state index is 0.0871. The topological polar surface area (TPSA) is 71.6 Å². The van der Waals surface area contributed by atoms with E-state index in [2.05, 4.69) is 23.1 Å². The van der Waals surface area contributed by atoms with Crippen molar-refractivity contribution in [2.75, 3.05) is 13.7 Å². The van der Waals surface area contributed by atoms with Crippen LogP contribution >= 0.6 is 0 Å². The molecule has 26 heavy (non-hydrogen) atoms. The fourth-order valence-electron chi connectivity index (χ4n) is 3.28. The quantitative estimate of drug-likeness (QED) is 0.742. The Labute approximate surface area is 153 Å². The van der Waals surface area contributed by atoms with Crippen LogP contribution in [0.4, 0.5) is 0 Å². The summed E-state index contributed by atoms with van der Waals surface area (Å²) in [6, 6.07) is 15.4. The van der Waals surface area contributed by atoms with Gasteiger partial charge < -0.3 is 14.8 Å². The molecule has 1 heterocycles. The molecule has 1 aliphatic heterocycles. The second-order valence-corrected chi connectivity index (χ2v) is 6.26. The van der Waals surface area contributed by atoms with Gasteiger partial charge in [0.05, 0.1) is 19.3 Å². The van der Waals surface area contributed by atoms with Crippen LogP contribution in [0.15, 0.2) is 48.5 Å². The van der Waals surface area contributed by atoms with Crippen molar-refractivity contribution in [3.05, 3.63) is 59.7 Å². The molecule has 0 bridgehead atoms. The zero-order chi connectivity index (χ0) is 18.5. The summed E-state index contributed by atoms with van der Waals surface area (Å²) >= 11 is 0. The van der Waals surface area contributed by atoms with Crippen LogP contribution in [0, 0.1) is 0 Å². The zero-order valence-corrected chi connectivity index (χ0v) is 15.3. The molecule has 3 rings (SSSR count). The summed E-state index contributed by atoms with van der Waals surface area (Å²) < 4.78 is 10.8. The molecule has 138 valence electrons. The molecule has 0 saturated carbocycles. The highest BCUT2D eigenvalue weighted by Gasteiger charge is 2.35. The highest BCUT2D eigenvalue weighted by atomic mass is 16.5. The van der Waals surface area contributed by atoms with Gasteiger partial charge in [0.2, 0.25) is 0 Å². The molecule has 6 heteroatoms. The van der Waals surface area contributed by atoms with Gasteiger partial charge in [-0.05, 0) is 43.7 Å². The van der Waals surface area contributed by atoms with Crippen LogP contribution in [0.2, 0.25) is 0 Å². The molecular weight excluding hydrogens is 330 g/mol. The molecule has 2 aromatic rings. The Morgan fingerprint density at radius 1 is 1.12 bits per heavy atom. The molecule has 6 nitrogen and oxygen atoms in total. The second-order valence-electron chi connectivity index (χ2n) is 6.26. The first-order valence-electron chi connectivity index (χ1n) is 8.81. The minimum Gasteiger partial charge on any atom is -0.497 e. The van der Waals surface area contributed by atoms with E-state index in [1.807, 2.05) is 49.4 Å². The molecule has 0 aromatic heterocycles. The SMILES string of the molecule is CCOc1ccccc1C(=O)NC1NNC(C)C1c1ccc(OC)cc1. The smallest absolute Gasteiger partial charge is 0.256 e. The molecule has 0 aliphatic carbocycles. The zero-order valence-electron chi connectivity index (χ0n) is 15.3. The van der Waals surface area contributed by atoms with Crippen molar-refractivity contribution in [2.45, 2.75) is 32.0 Å². The van der Waals surface area contributed by atoms with Crippen molar-refractivity contribution < 1.29 is 14.3 Å². The molecule has 2 aromatic carbocycles. The predicted octanol–water partition coefficient (Wildman–Crippen LogP) is 2.43. The first kappa shape index (κ1) is 18.2. The van der Waals surface area contributed by atoms with E-state index in [0.717, 1.165) is 11.3 Å². The van der Waals surface area contributed by atoms with Crippen molar-refractivity contribution in [1.82, 2.24) is 16.2 Å². The van der Waals surface area contributed by atoms with Gasteiger partial charge in [-0.25, -0.2) is 5.43 Å². The highest BCUT2D eigenvalue weighted by Crippen LogP contribution is 2.28. The Balaban J connectivity index is 1.78. The third-order valence-corrected chi connectivity index (χ3v) is 4.58. The first-order valence-corrected chi connectivity index (χ1v) is 8.81. The number of hydrogen-bond donors (Lipinski definition) is 3. The first-order chi connectivity index (χ1) is 12.6. The summed E-state index contributed by atoms with van der Waals surface area (Å²) in [5, 5.41) is 3.08. The molecule has 1 amide bonds. The van der Waals surface area contributed by atoms with Crippen LogP contribution in [0.25, 0.3) is 0 Å². The minimum atomic E-state index is -0.236. The van der Waals surface area contributed by atoms with E-state index in [1.165, 1.54) is 0 Å². The molecule has 0 spiro atoms. The van der Waals surface area contributed by atoms with Gasteiger partial charge in [0.25, 0.3) is 5.91 Å². The van der Waals surface area contributed by atoms with E-state index in [1.54, 1.807) is 13.2 Å². The molecule has 1 fully saturated rings. The second kappa shape index (κ2) is 8.21. The summed E-state index contributed by atoms with van der Waals surface area (Å²) in [5.41, 5.74) is 8.05. The molecule has 3 unspecified atom stereocenters. The van der Waals surface area contributed by atoms with Crippen LogP contribution < -0.4 is 25.6 Å². The van der Waals surface area contributed by atoms with Gasteiger partial charge in [-0.3, -0.25) is 10.2 Å².